The summed E-state index contributed by atoms with van der Waals surface area (Å²) in [6, 6.07) is 18.9. The lowest BCUT2D eigenvalue weighted by molar-refractivity contribution is 0.107. The molecule has 0 heterocycles. The number of nitrogens with one attached hydrogen (secondary N) is 1. The molecule has 4 atom stereocenters. The van der Waals surface area contributed by atoms with Crippen molar-refractivity contribution in [1.82, 2.24) is 5.32 Å². The van der Waals surface area contributed by atoms with Crippen LogP contribution in [0.15, 0.2) is 67.3 Å². The van der Waals surface area contributed by atoms with Gasteiger partial charge in [0.1, 0.15) is 0 Å². The minimum atomic E-state index is -0.365. The van der Waals surface area contributed by atoms with Crippen LogP contribution in [-0.2, 0) is 17.8 Å². The fourth-order valence-electron chi connectivity index (χ4n) is 3.84. The molecule has 144 valence electrons. The smallest absolute Gasteiger partial charge is 0.0775 e. The third-order valence-corrected chi connectivity index (χ3v) is 5.52. The largest absolute Gasteiger partial charge is 0.391 e. The molecular formula is C24H31NO2. The molecule has 0 saturated heterocycles. The van der Waals surface area contributed by atoms with Gasteiger partial charge < -0.3 is 15.2 Å². The first-order valence-corrected chi connectivity index (χ1v) is 9.95. The predicted octanol–water partition coefficient (Wildman–Crippen LogP) is 4.42. The number of benzene rings is 2. The average Bonchev–Trinajstić information content (AvgIpc) is 3.02. The van der Waals surface area contributed by atoms with E-state index >= 15 is 0 Å². The van der Waals surface area contributed by atoms with Gasteiger partial charge >= 0.3 is 0 Å². The Hall–Kier alpha value is -1.94. The molecule has 1 aliphatic carbocycles. The molecule has 27 heavy (non-hydrogen) atoms. The summed E-state index contributed by atoms with van der Waals surface area (Å²) in [5.41, 5.74) is 3.68. The van der Waals surface area contributed by atoms with Crippen LogP contribution in [0, 0.1) is 5.92 Å². The second-order valence-electron chi connectivity index (χ2n) is 7.50. The van der Waals surface area contributed by atoms with Crippen LogP contribution in [0.2, 0.25) is 0 Å². The van der Waals surface area contributed by atoms with E-state index in [1.807, 2.05) is 30.3 Å². The quantitative estimate of drug-likeness (QED) is 0.484. The summed E-state index contributed by atoms with van der Waals surface area (Å²) < 4.78 is 5.83. The monoisotopic (exact) mass is 365 g/mol. The van der Waals surface area contributed by atoms with Gasteiger partial charge in [0.2, 0.25) is 0 Å². The summed E-state index contributed by atoms with van der Waals surface area (Å²) in [7, 11) is 0. The van der Waals surface area contributed by atoms with Crippen molar-refractivity contribution in [3.05, 3.63) is 83.9 Å². The topological polar surface area (TPSA) is 41.5 Å². The molecule has 0 amide bonds. The normalized spacial score (nSPS) is 20.8. The Balaban J connectivity index is 1.51. The number of aliphatic hydroxyl groups is 1. The SMILES string of the molecule is C=C[C@H](C)[C@H](CCCOCc1ccccc1)N[C@@H]1c2ccccc2C[C@@H]1O. The molecule has 3 rings (SSSR count). The summed E-state index contributed by atoms with van der Waals surface area (Å²) >= 11 is 0. The molecule has 0 aromatic heterocycles. The molecule has 3 heteroatoms. The molecule has 2 N–H and O–H groups in total. The number of ether oxygens (including phenoxy) is 1. The van der Waals surface area contributed by atoms with E-state index in [9.17, 15) is 5.11 Å². The van der Waals surface area contributed by atoms with Crippen molar-refractivity contribution < 1.29 is 9.84 Å². The summed E-state index contributed by atoms with van der Waals surface area (Å²) in [6.07, 6.45) is 4.33. The second kappa shape index (κ2) is 9.84. The molecule has 3 nitrogen and oxygen atoms in total. The van der Waals surface area contributed by atoms with Gasteiger partial charge in [0.25, 0.3) is 0 Å². The fourth-order valence-corrected chi connectivity index (χ4v) is 3.84. The Morgan fingerprint density at radius 2 is 1.93 bits per heavy atom. The molecule has 0 spiro atoms. The van der Waals surface area contributed by atoms with E-state index in [1.165, 1.54) is 16.7 Å². The first-order chi connectivity index (χ1) is 13.2. The summed E-state index contributed by atoms with van der Waals surface area (Å²) in [5, 5.41) is 14.2. The lowest BCUT2D eigenvalue weighted by Crippen LogP contribution is -2.40. The molecule has 0 saturated carbocycles. The molecule has 0 radical (unpaired) electrons. The summed E-state index contributed by atoms with van der Waals surface area (Å²) in [5.74, 6) is 0.332. The summed E-state index contributed by atoms with van der Waals surface area (Å²) in [6.45, 7) is 7.55. The number of hydrogen-bond donors (Lipinski definition) is 2. The minimum Gasteiger partial charge on any atom is -0.391 e. The maximum atomic E-state index is 10.5. The van der Waals surface area contributed by atoms with Crippen LogP contribution < -0.4 is 5.32 Å². The minimum absolute atomic E-state index is 0.00108. The van der Waals surface area contributed by atoms with E-state index in [1.54, 1.807) is 0 Å². The highest BCUT2D eigenvalue weighted by molar-refractivity contribution is 5.36. The van der Waals surface area contributed by atoms with E-state index < -0.39 is 0 Å². The van der Waals surface area contributed by atoms with Gasteiger partial charge in [-0.2, -0.15) is 0 Å². The number of fused-ring (bicyclic) bond motifs is 1. The van der Waals surface area contributed by atoms with Gasteiger partial charge in [0.05, 0.1) is 18.8 Å². The third-order valence-electron chi connectivity index (χ3n) is 5.52. The van der Waals surface area contributed by atoms with Crippen molar-refractivity contribution in [2.45, 2.75) is 51.0 Å². The van der Waals surface area contributed by atoms with Crippen molar-refractivity contribution in [2.24, 2.45) is 5.92 Å². The van der Waals surface area contributed by atoms with Crippen molar-refractivity contribution in [2.75, 3.05) is 6.61 Å². The van der Waals surface area contributed by atoms with Crippen LogP contribution in [0.3, 0.4) is 0 Å². The van der Waals surface area contributed by atoms with Crippen LogP contribution in [0.25, 0.3) is 0 Å². The number of rotatable bonds is 10. The molecule has 1 aliphatic rings. The maximum absolute atomic E-state index is 10.5. The first-order valence-electron chi connectivity index (χ1n) is 9.95. The first kappa shape index (κ1) is 19.8. The number of aliphatic hydroxyl groups excluding tert-OH is 1. The van der Waals surface area contributed by atoms with E-state index in [0.717, 1.165) is 25.9 Å². The van der Waals surface area contributed by atoms with Crippen molar-refractivity contribution in [1.29, 1.82) is 0 Å². The zero-order chi connectivity index (χ0) is 19.1. The maximum Gasteiger partial charge on any atom is 0.0775 e. The standard InChI is InChI=1S/C24H31NO2/c1-3-18(2)22(14-9-15-27-17-19-10-5-4-6-11-19)25-24-21-13-8-7-12-20(21)16-23(24)26/h3-8,10-13,18,22-26H,1,9,14-17H2,2H3/t18-,22-,23-,24+/m0/s1. The Kier molecular flexibility index (Phi) is 7.22. The molecule has 2 aromatic carbocycles. The average molecular weight is 366 g/mol. The van der Waals surface area contributed by atoms with Crippen LogP contribution in [0.5, 0.6) is 0 Å². The number of hydrogen-bond acceptors (Lipinski definition) is 3. The van der Waals surface area contributed by atoms with Crippen molar-refractivity contribution >= 4 is 0 Å². The van der Waals surface area contributed by atoms with Crippen LogP contribution in [-0.4, -0.2) is 23.9 Å². The molecule has 0 fully saturated rings. The van der Waals surface area contributed by atoms with Crippen LogP contribution >= 0.6 is 0 Å². The Morgan fingerprint density at radius 3 is 2.70 bits per heavy atom. The van der Waals surface area contributed by atoms with E-state index in [2.05, 4.69) is 49.2 Å². The predicted molar refractivity (Wildman–Crippen MR) is 111 cm³/mol. The van der Waals surface area contributed by atoms with Gasteiger partial charge in [-0.05, 0) is 35.4 Å². The molecule has 2 aromatic rings. The van der Waals surface area contributed by atoms with E-state index in [-0.39, 0.29) is 18.2 Å². The van der Waals surface area contributed by atoms with Gasteiger partial charge in [-0.3, -0.25) is 0 Å². The van der Waals surface area contributed by atoms with E-state index in [0.29, 0.717) is 12.5 Å². The van der Waals surface area contributed by atoms with E-state index in [4.69, 9.17) is 4.74 Å². The Labute approximate surface area is 163 Å². The second-order valence-corrected chi connectivity index (χ2v) is 7.50. The zero-order valence-corrected chi connectivity index (χ0v) is 16.2. The lowest BCUT2D eigenvalue weighted by Gasteiger charge is -2.29. The highest BCUT2D eigenvalue weighted by Gasteiger charge is 2.32. The molecule has 0 unspecified atom stereocenters. The lowest BCUT2D eigenvalue weighted by atomic mass is 9.95. The molecular weight excluding hydrogens is 334 g/mol. The molecule has 0 bridgehead atoms. The van der Waals surface area contributed by atoms with Gasteiger partial charge in [0.15, 0.2) is 0 Å². The molecule has 0 aliphatic heterocycles. The Morgan fingerprint density at radius 1 is 1.19 bits per heavy atom. The van der Waals surface area contributed by atoms with Crippen LogP contribution in [0.1, 0.15) is 42.5 Å². The third kappa shape index (κ3) is 5.29. The van der Waals surface area contributed by atoms with Gasteiger partial charge in [0, 0.05) is 19.1 Å². The van der Waals surface area contributed by atoms with Gasteiger partial charge in [-0.25, -0.2) is 0 Å². The van der Waals surface area contributed by atoms with Crippen molar-refractivity contribution in [3.63, 3.8) is 0 Å². The van der Waals surface area contributed by atoms with Gasteiger partial charge in [-0.15, -0.1) is 6.58 Å². The zero-order valence-electron chi connectivity index (χ0n) is 16.2. The van der Waals surface area contributed by atoms with Crippen LogP contribution in [0.4, 0.5) is 0 Å². The van der Waals surface area contributed by atoms with Gasteiger partial charge in [-0.1, -0.05) is 67.6 Å². The fraction of sp³-hybridized carbons (Fsp3) is 0.417. The highest BCUT2D eigenvalue weighted by atomic mass is 16.5. The highest BCUT2D eigenvalue weighted by Crippen LogP contribution is 2.32. The summed E-state index contributed by atoms with van der Waals surface area (Å²) in [4.78, 5) is 0. The van der Waals surface area contributed by atoms with Crippen molar-refractivity contribution in [3.8, 4) is 0 Å². The Bertz CT molecular complexity index is 715.